The first kappa shape index (κ1) is 13.8. The molecular formula is C12H13O6. The molecule has 0 aliphatic carbocycles. The van der Waals surface area contributed by atoms with Crippen molar-refractivity contribution in [1.29, 1.82) is 0 Å². The van der Waals surface area contributed by atoms with Crippen molar-refractivity contribution < 1.29 is 28.5 Å². The van der Waals surface area contributed by atoms with Gasteiger partial charge >= 0.3 is 6.16 Å². The molecule has 0 aromatic heterocycles. The van der Waals surface area contributed by atoms with Gasteiger partial charge in [0.15, 0.2) is 11.5 Å². The third-order valence-corrected chi connectivity index (χ3v) is 2.03. The van der Waals surface area contributed by atoms with Crippen LogP contribution in [0.25, 0.3) is 0 Å². The highest BCUT2D eigenvalue weighted by atomic mass is 16.7. The molecule has 0 unspecified atom stereocenters. The van der Waals surface area contributed by atoms with Crippen LogP contribution in [0.2, 0.25) is 0 Å². The second kappa shape index (κ2) is 6.48. The molecule has 0 bridgehead atoms. The molecule has 0 spiro atoms. The van der Waals surface area contributed by atoms with E-state index in [-0.39, 0.29) is 29.4 Å². The van der Waals surface area contributed by atoms with Crippen LogP contribution in [0.15, 0.2) is 12.1 Å². The Morgan fingerprint density at radius 1 is 1.22 bits per heavy atom. The summed E-state index contributed by atoms with van der Waals surface area (Å²) >= 11 is 0. The lowest BCUT2D eigenvalue weighted by molar-refractivity contribution is 0.102. The van der Waals surface area contributed by atoms with Crippen LogP contribution in [0.1, 0.15) is 12.5 Å². The molecule has 1 aromatic carbocycles. The first-order valence-electron chi connectivity index (χ1n) is 5.15. The number of ether oxygens (including phenoxy) is 4. The van der Waals surface area contributed by atoms with Gasteiger partial charge in [0.2, 0.25) is 12.0 Å². The number of methoxy groups -OCH3 is 2. The zero-order chi connectivity index (χ0) is 13.5. The van der Waals surface area contributed by atoms with Crippen LogP contribution in [0.4, 0.5) is 4.79 Å². The van der Waals surface area contributed by atoms with Crippen molar-refractivity contribution in [2.75, 3.05) is 20.8 Å². The summed E-state index contributed by atoms with van der Waals surface area (Å²) < 4.78 is 19.6. The van der Waals surface area contributed by atoms with Crippen molar-refractivity contribution in [2.45, 2.75) is 6.92 Å². The van der Waals surface area contributed by atoms with Gasteiger partial charge in [0.05, 0.1) is 20.8 Å². The molecular weight excluding hydrogens is 240 g/mol. The van der Waals surface area contributed by atoms with Gasteiger partial charge < -0.3 is 18.9 Å². The van der Waals surface area contributed by atoms with Crippen molar-refractivity contribution in [3.63, 3.8) is 0 Å². The van der Waals surface area contributed by atoms with Crippen LogP contribution in [-0.2, 0) is 9.53 Å². The van der Waals surface area contributed by atoms with Gasteiger partial charge in [0.25, 0.3) is 0 Å². The minimum atomic E-state index is -0.878. The fraction of sp³-hybridized carbons (Fsp3) is 0.333. The molecule has 0 fully saturated rings. The van der Waals surface area contributed by atoms with E-state index in [1.54, 1.807) is 13.2 Å². The lowest BCUT2D eigenvalue weighted by atomic mass is 10.2. The monoisotopic (exact) mass is 253 g/mol. The highest BCUT2D eigenvalue weighted by molar-refractivity contribution is 5.79. The van der Waals surface area contributed by atoms with Crippen LogP contribution in [0, 0.1) is 0 Å². The van der Waals surface area contributed by atoms with Crippen molar-refractivity contribution in [1.82, 2.24) is 0 Å². The van der Waals surface area contributed by atoms with E-state index in [0.29, 0.717) is 0 Å². The van der Waals surface area contributed by atoms with Crippen LogP contribution < -0.4 is 14.2 Å². The molecule has 1 rings (SSSR count). The smallest absolute Gasteiger partial charge is 0.493 e. The fourth-order valence-corrected chi connectivity index (χ4v) is 1.27. The summed E-state index contributed by atoms with van der Waals surface area (Å²) in [5.74, 6) is 0.416. The summed E-state index contributed by atoms with van der Waals surface area (Å²) in [5, 5.41) is 0. The molecule has 97 valence electrons. The minimum Gasteiger partial charge on any atom is -0.493 e. The zero-order valence-electron chi connectivity index (χ0n) is 10.3. The second-order valence-corrected chi connectivity index (χ2v) is 3.10. The molecule has 0 aliphatic rings. The van der Waals surface area contributed by atoms with E-state index in [4.69, 9.17) is 14.2 Å². The van der Waals surface area contributed by atoms with E-state index in [1.807, 2.05) is 0 Å². The Morgan fingerprint density at radius 3 is 2.17 bits per heavy atom. The van der Waals surface area contributed by atoms with E-state index in [0.717, 1.165) is 0 Å². The SMILES string of the molecule is CCOC(=O)Oc1c(OC)cc([C]=O)cc1OC. The van der Waals surface area contributed by atoms with Gasteiger partial charge in [-0.1, -0.05) is 0 Å². The standard InChI is InChI=1S/C12H13O6/c1-4-17-12(14)18-11-9(15-2)5-8(7-13)6-10(11)16-3/h5-6H,4H2,1-3H3. The largest absolute Gasteiger partial charge is 0.514 e. The molecule has 1 aromatic rings. The van der Waals surface area contributed by atoms with Crippen molar-refractivity contribution in [2.24, 2.45) is 0 Å². The molecule has 18 heavy (non-hydrogen) atoms. The Morgan fingerprint density at radius 2 is 1.78 bits per heavy atom. The van der Waals surface area contributed by atoms with Gasteiger partial charge in [-0.3, -0.25) is 4.79 Å². The average Bonchev–Trinajstić information content (AvgIpc) is 2.39. The second-order valence-electron chi connectivity index (χ2n) is 3.10. The molecule has 0 aliphatic heterocycles. The molecule has 0 amide bonds. The van der Waals surface area contributed by atoms with Crippen molar-refractivity contribution in [3.05, 3.63) is 17.7 Å². The fourth-order valence-electron chi connectivity index (χ4n) is 1.27. The highest BCUT2D eigenvalue weighted by Gasteiger charge is 2.18. The van der Waals surface area contributed by atoms with E-state index in [1.165, 1.54) is 26.4 Å². The molecule has 6 nitrogen and oxygen atoms in total. The van der Waals surface area contributed by atoms with Crippen LogP contribution in [0.3, 0.4) is 0 Å². The number of hydrogen-bond acceptors (Lipinski definition) is 6. The Balaban J connectivity index is 3.14. The molecule has 0 N–H and O–H groups in total. The predicted octanol–water partition coefficient (Wildman–Crippen LogP) is 1.70. The van der Waals surface area contributed by atoms with Gasteiger partial charge in [0, 0.05) is 5.56 Å². The number of carbonyl (C=O) groups is 1. The molecule has 6 heteroatoms. The number of benzene rings is 1. The normalized spacial score (nSPS) is 9.50. The summed E-state index contributed by atoms with van der Waals surface area (Å²) in [5.41, 5.74) is 0.222. The van der Waals surface area contributed by atoms with Gasteiger partial charge in [-0.2, -0.15) is 0 Å². The molecule has 0 heterocycles. The van der Waals surface area contributed by atoms with Crippen LogP contribution >= 0.6 is 0 Å². The third kappa shape index (κ3) is 3.13. The maximum atomic E-state index is 11.3. The topological polar surface area (TPSA) is 71.1 Å². The highest BCUT2D eigenvalue weighted by Crippen LogP contribution is 2.38. The first-order chi connectivity index (χ1) is 8.65. The lowest BCUT2D eigenvalue weighted by Crippen LogP contribution is -2.11. The van der Waals surface area contributed by atoms with Crippen molar-refractivity contribution >= 4 is 12.4 Å². The number of hydrogen-bond donors (Lipinski definition) is 0. The lowest BCUT2D eigenvalue weighted by Gasteiger charge is -2.13. The summed E-state index contributed by atoms with van der Waals surface area (Å²) in [7, 11) is 2.75. The Hall–Kier alpha value is -2.24. The van der Waals surface area contributed by atoms with E-state index < -0.39 is 6.16 Å². The maximum absolute atomic E-state index is 11.3. The Labute approximate surface area is 104 Å². The van der Waals surface area contributed by atoms with Gasteiger partial charge in [0.1, 0.15) is 0 Å². The van der Waals surface area contributed by atoms with Gasteiger partial charge in [-0.15, -0.1) is 0 Å². The molecule has 0 saturated heterocycles. The summed E-state index contributed by atoms with van der Waals surface area (Å²) in [6.07, 6.45) is 0.823. The van der Waals surface area contributed by atoms with E-state index in [2.05, 4.69) is 4.74 Å². The predicted molar refractivity (Wildman–Crippen MR) is 62.0 cm³/mol. The molecule has 1 radical (unpaired) electrons. The van der Waals surface area contributed by atoms with Crippen LogP contribution in [-0.4, -0.2) is 33.3 Å². The summed E-state index contributed by atoms with van der Waals surface area (Å²) in [4.78, 5) is 21.9. The van der Waals surface area contributed by atoms with E-state index >= 15 is 0 Å². The van der Waals surface area contributed by atoms with Gasteiger partial charge in [-0.05, 0) is 19.1 Å². The molecule has 0 saturated carbocycles. The van der Waals surface area contributed by atoms with Gasteiger partial charge in [-0.25, -0.2) is 4.79 Å². The summed E-state index contributed by atoms with van der Waals surface area (Å²) in [6.45, 7) is 1.84. The minimum absolute atomic E-state index is 0.0532. The Bertz CT molecular complexity index is 415. The van der Waals surface area contributed by atoms with Crippen molar-refractivity contribution in [3.8, 4) is 17.2 Å². The number of rotatable bonds is 5. The first-order valence-corrected chi connectivity index (χ1v) is 5.15. The molecule has 0 atom stereocenters. The zero-order valence-corrected chi connectivity index (χ0v) is 10.3. The quantitative estimate of drug-likeness (QED) is 0.587. The number of carbonyl (C=O) groups excluding carboxylic acids is 2. The summed E-state index contributed by atoms with van der Waals surface area (Å²) in [6, 6.07) is 2.76. The Kier molecular flexibility index (Phi) is 4.98. The maximum Gasteiger partial charge on any atom is 0.514 e. The third-order valence-electron chi connectivity index (χ3n) is 2.03. The van der Waals surface area contributed by atoms with Crippen LogP contribution in [0.5, 0.6) is 17.2 Å². The van der Waals surface area contributed by atoms with E-state index in [9.17, 15) is 9.59 Å². The average molecular weight is 253 g/mol.